The van der Waals surface area contributed by atoms with Gasteiger partial charge in [0, 0.05) is 41.7 Å². The molecule has 5 amide bonds. The first kappa shape index (κ1) is 33.0. The Morgan fingerprint density at radius 2 is 1.60 bits per heavy atom. The number of aromatic nitrogens is 2. The lowest BCUT2D eigenvalue weighted by Gasteiger charge is -2.39. The van der Waals surface area contributed by atoms with Crippen LogP contribution in [0.4, 0.5) is 26.8 Å². The molecule has 2 unspecified atom stereocenters. The van der Waals surface area contributed by atoms with Gasteiger partial charge in [-0.1, -0.05) is 62.7 Å². The van der Waals surface area contributed by atoms with E-state index in [1.807, 2.05) is 60.4 Å². The standard InChI is InChI=1S/C37H41N7O3S/c1-23-12-14-27(15-13-23)44-33(22-32(41-44)37(2,3)4)40-35(46)38-26-9-7-8-24(19-26)18-25-20-28-16-17-29(21-25)43(28)34(45)30-10-5-6-11-31(30)39-36(47)42-48/h5-15,19,22,25,28-29H,16-18,20-21H2,1-4H3,(H,39,47)(H2,38,40,46). The van der Waals surface area contributed by atoms with Crippen LogP contribution in [0.15, 0.2) is 83.2 Å². The minimum Gasteiger partial charge on any atom is -0.333 e. The summed E-state index contributed by atoms with van der Waals surface area (Å²) in [7, 11) is 0. The van der Waals surface area contributed by atoms with Gasteiger partial charge in [-0.3, -0.25) is 10.1 Å². The summed E-state index contributed by atoms with van der Waals surface area (Å²) < 4.78 is 5.00. The summed E-state index contributed by atoms with van der Waals surface area (Å²) in [5, 5.41) is 13.5. The number of carbonyl (C=O) groups is 3. The number of para-hydroxylation sites is 1. The van der Waals surface area contributed by atoms with Gasteiger partial charge in [-0.15, -0.1) is 4.36 Å². The molecule has 3 aromatic carbocycles. The van der Waals surface area contributed by atoms with Gasteiger partial charge < -0.3 is 15.5 Å². The predicted octanol–water partition coefficient (Wildman–Crippen LogP) is 8.01. The number of hydrogen-bond donors (Lipinski definition) is 3. The van der Waals surface area contributed by atoms with Crippen LogP contribution in [0, 0.1) is 12.8 Å². The van der Waals surface area contributed by atoms with E-state index in [2.05, 4.69) is 59.6 Å². The molecule has 0 radical (unpaired) electrons. The zero-order valence-electron chi connectivity index (χ0n) is 27.7. The van der Waals surface area contributed by atoms with E-state index in [4.69, 9.17) is 5.10 Å². The number of carbonyl (C=O) groups excluding carboxylic acids is 3. The Kier molecular flexibility index (Phi) is 9.41. The van der Waals surface area contributed by atoms with Crippen LogP contribution in [0.5, 0.6) is 0 Å². The van der Waals surface area contributed by atoms with Crippen LogP contribution in [0.2, 0.25) is 0 Å². The molecule has 3 N–H and O–H groups in total. The van der Waals surface area contributed by atoms with Gasteiger partial charge in [0.05, 0.1) is 22.6 Å². The average molecular weight is 664 g/mol. The zero-order valence-corrected chi connectivity index (χ0v) is 28.5. The van der Waals surface area contributed by atoms with Crippen LogP contribution in [-0.4, -0.2) is 44.7 Å². The molecule has 1 aromatic heterocycles. The molecule has 0 saturated carbocycles. The van der Waals surface area contributed by atoms with E-state index in [9.17, 15) is 14.4 Å². The topological polar surface area (TPSA) is 121 Å². The van der Waals surface area contributed by atoms with Gasteiger partial charge in [0.1, 0.15) is 5.82 Å². The molecule has 0 spiro atoms. The van der Waals surface area contributed by atoms with Crippen molar-refractivity contribution in [3.63, 3.8) is 0 Å². The number of hydrogen-bond acceptors (Lipinski definition) is 5. The van der Waals surface area contributed by atoms with Crippen molar-refractivity contribution in [2.45, 2.75) is 77.3 Å². The van der Waals surface area contributed by atoms with Crippen LogP contribution in [0.3, 0.4) is 0 Å². The summed E-state index contributed by atoms with van der Waals surface area (Å²) in [6, 6.07) is 24.2. The highest BCUT2D eigenvalue weighted by Gasteiger charge is 2.43. The van der Waals surface area contributed by atoms with E-state index in [-0.39, 0.29) is 29.4 Å². The van der Waals surface area contributed by atoms with Gasteiger partial charge in [-0.05, 0) is 86.9 Å². The lowest BCUT2D eigenvalue weighted by Crippen LogP contribution is -2.47. The Bertz CT molecular complexity index is 1830. The monoisotopic (exact) mass is 663 g/mol. The fourth-order valence-electron chi connectivity index (χ4n) is 6.95. The van der Waals surface area contributed by atoms with Crippen LogP contribution in [-0.2, 0) is 24.3 Å². The van der Waals surface area contributed by atoms with Crippen LogP contribution in [0.25, 0.3) is 5.69 Å². The van der Waals surface area contributed by atoms with Crippen molar-refractivity contribution in [1.82, 2.24) is 14.7 Å². The Hall–Kier alpha value is -4.90. The van der Waals surface area contributed by atoms with Crippen LogP contribution >= 0.6 is 0 Å². The highest BCUT2D eigenvalue weighted by atomic mass is 32.1. The number of aryl methyl sites for hydroxylation is 1. The van der Waals surface area contributed by atoms with Gasteiger partial charge in [0.2, 0.25) is 0 Å². The third-order valence-corrected chi connectivity index (χ3v) is 9.42. The molecule has 11 heteroatoms. The first-order valence-corrected chi connectivity index (χ1v) is 16.8. The van der Waals surface area contributed by atoms with Crippen LogP contribution < -0.4 is 16.0 Å². The van der Waals surface area contributed by atoms with Gasteiger partial charge in [0.15, 0.2) is 0 Å². The number of nitrogens with zero attached hydrogens (tertiary/aromatic N) is 4. The summed E-state index contributed by atoms with van der Waals surface area (Å²) >= 11 is 4.50. The van der Waals surface area contributed by atoms with Gasteiger partial charge in [-0.25, -0.2) is 14.3 Å². The second kappa shape index (κ2) is 13.7. The smallest absolute Gasteiger partial charge is 0.333 e. The van der Waals surface area contributed by atoms with Crippen molar-refractivity contribution in [2.24, 2.45) is 10.3 Å². The van der Waals surface area contributed by atoms with Gasteiger partial charge in [-0.2, -0.15) is 5.10 Å². The molecule has 248 valence electrons. The van der Waals surface area contributed by atoms with E-state index in [0.29, 0.717) is 28.7 Å². The van der Waals surface area contributed by atoms with E-state index >= 15 is 0 Å². The highest BCUT2D eigenvalue weighted by Crippen LogP contribution is 2.41. The number of anilines is 3. The first-order valence-electron chi connectivity index (χ1n) is 16.4. The summed E-state index contributed by atoms with van der Waals surface area (Å²) in [5.74, 6) is 0.927. The van der Waals surface area contributed by atoms with Crippen molar-refractivity contribution < 1.29 is 14.4 Å². The molecule has 2 saturated heterocycles. The van der Waals surface area contributed by atoms with E-state index < -0.39 is 6.03 Å². The maximum Gasteiger partial charge on any atom is 0.356 e. The Morgan fingerprint density at radius 1 is 0.896 bits per heavy atom. The molecule has 2 aliphatic heterocycles. The first-order chi connectivity index (χ1) is 23.0. The second-order valence-corrected chi connectivity index (χ2v) is 14.1. The maximum atomic E-state index is 13.7. The molecule has 4 aromatic rings. The zero-order chi connectivity index (χ0) is 34.0. The molecule has 2 fully saturated rings. The van der Waals surface area contributed by atoms with Crippen molar-refractivity contribution in [3.8, 4) is 5.69 Å². The van der Waals surface area contributed by atoms with Crippen molar-refractivity contribution in [1.29, 1.82) is 0 Å². The SMILES string of the molecule is Cc1ccc(-n2nc(C(C)(C)C)cc2NC(=O)Nc2cccc(CC3CC4CCC(C3)N4C(=O)c3ccccc3NC(=O)N=S)c2)cc1. The molecule has 6 rings (SSSR count). The molecule has 48 heavy (non-hydrogen) atoms. The third-order valence-electron chi connectivity index (χ3n) is 9.25. The van der Waals surface area contributed by atoms with Crippen molar-refractivity contribution in [2.75, 3.05) is 16.0 Å². The number of piperidine rings is 1. The summed E-state index contributed by atoms with van der Waals surface area (Å²) in [4.78, 5) is 40.8. The molecular formula is C37H41N7O3S. The molecule has 10 nitrogen and oxygen atoms in total. The summed E-state index contributed by atoms with van der Waals surface area (Å²) in [6.07, 6.45) is 4.57. The lowest BCUT2D eigenvalue weighted by atomic mass is 9.85. The minimum atomic E-state index is -0.662. The van der Waals surface area contributed by atoms with E-state index in [1.165, 1.54) is 0 Å². The number of urea groups is 2. The fraction of sp³-hybridized carbons (Fsp3) is 0.351. The van der Waals surface area contributed by atoms with Crippen molar-refractivity contribution in [3.05, 3.63) is 101 Å². The number of fused-ring (bicyclic) bond motifs is 2. The third kappa shape index (κ3) is 7.31. The summed E-state index contributed by atoms with van der Waals surface area (Å²) in [6.45, 7) is 8.33. The molecule has 2 aliphatic rings. The molecule has 2 atom stereocenters. The quantitative estimate of drug-likeness (QED) is 0.185. The minimum absolute atomic E-state index is 0.0724. The molecule has 2 bridgehead atoms. The normalized spacial score (nSPS) is 18.7. The van der Waals surface area contributed by atoms with Crippen molar-refractivity contribution >= 4 is 47.6 Å². The molecule has 3 heterocycles. The highest BCUT2D eigenvalue weighted by molar-refractivity contribution is 7.47. The number of amides is 5. The lowest BCUT2D eigenvalue weighted by molar-refractivity contribution is 0.0525. The Morgan fingerprint density at radius 3 is 2.29 bits per heavy atom. The largest absolute Gasteiger partial charge is 0.356 e. The number of rotatable bonds is 7. The number of benzene rings is 3. The Balaban J connectivity index is 1.10. The average Bonchev–Trinajstić information content (AvgIpc) is 3.59. The van der Waals surface area contributed by atoms with E-state index in [1.54, 1.807) is 28.9 Å². The molecule has 0 aliphatic carbocycles. The maximum absolute atomic E-state index is 13.7. The van der Waals surface area contributed by atoms with E-state index in [0.717, 1.165) is 54.6 Å². The fourth-order valence-corrected chi connectivity index (χ4v) is 7.00. The van der Waals surface area contributed by atoms with Gasteiger partial charge in [0.25, 0.3) is 5.91 Å². The Labute approximate surface area is 286 Å². The number of nitrogens with one attached hydrogen (secondary N) is 3. The van der Waals surface area contributed by atoms with Gasteiger partial charge >= 0.3 is 12.1 Å². The summed E-state index contributed by atoms with van der Waals surface area (Å²) in [5.41, 5.74) is 5.42. The van der Waals surface area contributed by atoms with Crippen LogP contribution in [0.1, 0.15) is 73.6 Å². The molecular weight excluding hydrogens is 623 g/mol. The second-order valence-electron chi connectivity index (χ2n) is 13.9. The predicted molar refractivity (Wildman–Crippen MR) is 191 cm³/mol.